The summed E-state index contributed by atoms with van der Waals surface area (Å²) < 4.78 is 38.6. The van der Waals surface area contributed by atoms with Gasteiger partial charge in [-0.1, -0.05) is 12.1 Å². The summed E-state index contributed by atoms with van der Waals surface area (Å²) in [4.78, 5) is 37.5. The maximum Gasteiger partial charge on any atom is 0.387 e. The van der Waals surface area contributed by atoms with E-state index in [0.29, 0.717) is 16.1 Å². The van der Waals surface area contributed by atoms with Crippen molar-refractivity contribution in [3.63, 3.8) is 0 Å². The minimum Gasteiger partial charge on any atom is -0.462 e. The molecule has 0 atom stereocenters. The number of benzene rings is 1. The van der Waals surface area contributed by atoms with Gasteiger partial charge in [-0.15, -0.1) is 11.3 Å². The zero-order chi connectivity index (χ0) is 23.1. The van der Waals surface area contributed by atoms with Gasteiger partial charge >= 0.3 is 18.6 Å². The second-order valence-electron chi connectivity index (χ2n) is 6.72. The highest BCUT2D eigenvalue weighted by molar-refractivity contribution is 7.17. The number of esters is 2. The number of rotatable bonds is 9. The van der Waals surface area contributed by atoms with Gasteiger partial charge in [-0.3, -0.25) is 4.79 Å². The molecule has 1 aromatic carbocycles. The van der Waals surface area contributed by atoms with E-state index in [1.165, 1.54) is 41.7 Å². The van der Waals surface area contributed by atoms with Gasteiger partial charge in [0, 0.05) is 11.0 Å². The number of fused-ring (bicyclic) bond motifs is 1. The standard InChI is InChI=1S/C22H21F2NO6S/c1-2-29-21(28)19-15-4-3-5-16(15)32-20(19)25-17(26)12-30-18(27)11-8-13-6-9-14(10-7-13)31-22(23)24/h6-11,22H,2-5,12H2,1H3,(H,25,26)/b11-8+. The van der Waals surface area contributed by atoms with E-state index in [-0.39, 0.29) is 12.4 Å². The monoisotopic (exact) mass is 465 g/mol. The molecule has 1 heterocycles. The fourth-order valence-corrected chi connectivity index (χ4v) is 4.48. The number of amides is 1. The summed E-state index contributed by atoms with van der Waals surface area (Å²) in [6, 6.07) is 5.65. The number of carbonyl (C=O) groups excluding carboxylic acids is 3. The highest BCUT2D eigenvalue weighted by atomic mass is 32.1. The largest absolute Gasteiger partial charge is 0.462 e. The molecule has 1 aromatic heterocycles. The maximum absolute atomic E-state index is 12.3. The third kappa shape index (κ3) is 6.13. The number of halogens is 2. The van der Waals surface area contributed by atoms with Crippen LogP contribution in [-0.4, -0.2) is 37.7 Å². The summed E-state index contributed by atoms with van der Waals surface area (Å²) in [5.74, 6) is -1.82. The Hall–Kier alpha value is -3.27. The molecule has 1 N–H and O–H groups in total. The van der Waals surface area contributed by atoms with Crippen LogP contribution in [-0.2, 0) is 31.9 Å². The molecule has 1 amide bonds. The minimum atomic E-state index is -2.92. The molecule has 0 fully saturated rings. The first kappa shape index (κ1) is 23.4. The highest BCUT2D eigenvalue weighted by Gasteiger charge is 2.28. The van der Waals surface area contributed by atoms with Crippen LogP contribution in [0.25, 0.3) is 6.08 Å². The zero-order valence-electron chi connectivity index (χ0n) is 17.2. The van der Waals surface area contributed by atoms with E-state index in [1.54, 1.807) is 6.92 Å². The summed E-state index contributed by atoms with van der Waals surface area (Å²) in [6.45, 7) is -1.51. The van der Waals surface area contributed by atoms with Gasteiger partial charge in [0.05, 0.1) is 12.2 Å². The van der Waals surface area contributed by atoms with Crippen molar-refractivity contribution < 1.29 is 37.4 Å². The summed E-state index contributed by atoms with van der Waals surface area (Å²) in [5, 5.41) is 3.03. The van der Waals surface area contributed by atoms with Crippen LogP contribution in [0.4, 0.5) is 13.8 Å². The molecule has 0 aliphatic heterocycles. The lowest BCUT2D eigenvalue weighted by Crippen LogP contribution is -2.21. The Labute approximate surface area is 187 Å². The van der Waals surface area contributed by atoms with Gasteiger partial charge < -0.3 is 19.5 Å². The van der Waals surface area contributed by atoms with E-state index in [4.69, 9.17) is 9.47 Å². The molecule has 1 aliphatic carbocycles. The van der Waals surface area contributed by atoms with Gasteiger partial charge in [0.25, 0.3) is 5.91 Å². The normalized spacial score (nSPS) is 12.6. The molecule has 10 heteroatoms. The molecular formula is C22H21F2NO6S. The van der Waals surface area contributed by atoms with E-state index in [2.05, 4.69) is 10.1 Å². The van der Waals surface area contributed by atoms with E-state index in [9.17, 15) is 23.2 Å². The lowest BCUT2D eigenvalue weighted by molar-refractivity contribution is -0.142. The van der Waals surface area contributed by atoms with Crippen LogP contribution in [0.15, 0.2) is 30.3 Å². The third-order valence-electron chi connectivity index (χ3n) is 4.52. The fourth-order valence-electron chi connectivity index (χ4n) is 3.18. The van der Waals surface area contributed by atoms with Crippen LogP contribution in [0.2, 0.25) is 0 Å². The van der Waals surface area contributed by atoms with Crippen LogP contribution in [0.3, 0.4) is 0 Å². The highest BCUT2D eigenvalue weighted by Crippen LogP contribution is 2.39. The van der Waals surface area contributed by atoms with Crippen molar-refractivity contribution in [2.75, 3.05) is 18.5 Å². The predicted octanol–water partition coefficient (Wildman–Crippen LogP) is 4.21. The second kappa shape index (κ2) is 10.9. The third-order valence-corrected chi connectivity index (χ3v) is 5.72. The van der Waals surface area contributed by atoms with Gasteiger partial charge in [-0.05, 0) is 55.5 Å². The van der Waals surface area contributed by atoms with Crippen LogP contribution in [0, 0.1) is 0 Å². The van der Waals surface area contributed by atoms with Crippen molar-refractivity contribution in [2.24, 2.45) is 0 Å². The first-order valence-corrected chi connectivity index (χ1v) is 10.7. The topological polar surface area (TPSA) is 90.9 Å². The van der Waals surface area contributed by atoms with E-state index < -0.39 is 31.1 Å². The van der Waals surface area contributed by atoms with E-state index in [0.717, 1.165) is 35.8 Å². The first-order valence-electron chi connectivity index (χ1n) is 9.88. The zero-order valence-corrected chi connectivity index (χ0v) is 18.0. The minimum absolute atomic E-state index is 0.00172. The number of nitrogens with one attached hydrogen (secondary N) is 1. The van der Waals surface area contributed by atoms with Gasteiger partial charge in [0.1, 0.15) is 10.8 Å². The van der Waals surface area contributed by atoms with Crippen molar-refractivity contribution in [3.8, 4) is 5.75 Å². The Bertz CT molecular complexity index is 1020. The van der Waals surface area contributed by atoms with Crippen molar-refractivity contribution in [1.29, 1.82) is 0 Å². The van der Waals surface area contributed by atoms with E-state index in [1.807, 2.05) is 0 Å². The Morgan fingerprint density at radius 3 is 2.59 bits per heavy atom. The lowest BCUT2D eigenvalue weighted by Gasteiger charge is -2.08. The van der Waals surface area contributed by atoms with Gasteiger partial charge in [0.2, 0.25) is 0 Å². The molecule has 2 aromatic rings. The summed E-state index contributed by atoms with van der Waals surface area (Å²) in [7, 11) is 0. The molecule has 32 heavy (non-hydrogen) atoms. The van der Waals surface area contributed by atoms with Crippen LogP contribution in [0.1, 0.15) is 39.7 Å². The predicted molar refractivity (Wildman–Crippen MR) is 114 cm³/mol. The SMILES string of the molecule is CCOC(=O)c1c(NC(=O)COC(=O)/C=C/c2ccc(OC(F)F)cc2)sc2c1CCC2. The van der Waals surface area contributed by atoms with Gasteiger partial charge in [-0.2, -0.15) is 8.78 Å². The fraction of sp³-hybridized carbons (Fsp3) is 0.318. The summed E-state index contributed by atoms with van der Waals surface area (Å²) in [6.07, 6.45) is 5.07. The molecular weight excluding hydrogens is 444 g/mol. The number of hydrogen-bond donors (Lipinski definition) is 1. The molecule has 0 bridgehead atoms. The Kier molecular flexibility index (Phi) is 7.93. The first-order chi connectivity index (χ1) is 15.4. The van der Waals surface area contributed by atoms with Crippen LogP contribution >= 0.6 is 11.3 Å². The van der Waals surface area contributed by atoms with Crippen molar-refractivity contribution >= 4 is 40.3 Å². The molecule has 170 valence electrons. The number of aryl methyl sites for hydroxylation is 1. The molecule has 3 rings (SSSR count). The average molecular weight is 465 g/mol. The maximum atomic E-state index is 12.3. The number of ether oxygens (including phenoxy) is 3. The second-order valence-corrected chi connectivity index (χ2v) is 7.82. The molecule has 0 unspecified atom stereocenters. The number of hydrogen-bond acceptors (Lipinski definition) is 7. The van der Waals surface area contributed by atoms with Crippen molar-refractivity contribution in [2.45, 2.75) is 32.8 Å². The number of carbonyl (C=O) groups is 3. The lowest BCUT2D eigenvalue weighted by atomic mass is 10.1. The van der Waals surface area contributed by atoms with E-state index >= 15 is 0 Å². The van der Waals surface area contributed by atoms with Crippen molar-refractivity contribution in [1.82, 2.24) is 0 Å². The molecule has 7 nitrogen and oxygen atoms in total. The number of anilines is 1. The quantitative estimate of drug-likeness (QED) is 0.441. The van der Waals surface area contributed by atoms with Crippen LogP contribution < -0.4 is 10.1 Å². The summed E-state index contributed by atoms with van der Waals surface area (Å²) in [5.41, 5.74) is 1.84. The van der Waals surface area contributed by atoms with Gasteiger partial charge in [-0.25, -0.2) is 9.59 Å². The Morgan fingerprint density at radius 1 is 1.16 bits per heavy atom. The Balaban J connectivity index is 1.53. The van der Waals surface area contributed by atoms with Gasteiger partial charge in [0.15, 0.2) is 6.61 Å². The molecule has 1 aliphatic rings. The van der Waals surface area contributed by atoms with Crippen LogP contribution in [0.5, 0.6) is 5.75 Å². The molecule has 0 radical (unpaired) electrons. The molecule has 0 spiro atoms. The van der Waals surface area contributed by atoms with Crippen molar-refractivity contribution in [3.05, 3.63) is 51.9 Å². The number of alkyl halides is 2. The average Bonchev–Trinajstić information content (AvgIpc) is 3.32. The molecule has 0 saturated heterocycles. The molecule has 0 saturated carbocycles. The smallest absolute Gasteiger partial charge is 0.387 e. The number of thiophene rings is 1. The summed E-state index contributed by atoms with van der Waals surface area (Å²) >= 11 is 1.33. The Morgan fingerprint density at radius 2 is 1.91 bits per heavy atom.